The summed E-state index contributed by atoms with van der Waals surface area (Å²) < 4.78 is 0. The van der Waals surface area contributed by atoms with Gasteiger partial charge in [0.15, 0.2) is 0 Å². The standard InChI is InChI=1S/C7H11N5O2/c8-5(6(13)12-7(9)14)1-4-2-10-3-11-4/h2-3,5H,1,8H2,(H,10,11)(H3,9,12,13,14)/t5-/m0/s1. The normalized spacial score (nSPS) is 12.1. The number of nitrogens with one attached hydrogen (secondary N) is 2. The third kappa shape index (κ3) is 2.87. The first-order valence-corrected chi connectivity index (χ1v) is 3.92. The van der Waals surface area contributed by atoms with Gasteiger partial charge in [0, 0.05) is 18.3 Å². The summed E-state index contributed by atoms with van der Waals surface area (Å²) >= 11 is 0. The first kappa shape index (κ1) is 10.2. The molecule has 76 valence electrons. The number of amides is 3. The molecule has 0 saturated carbocycles. The maximum absolute atomic E-state index is 11.1. The van der Waals surface area contributed by atoms with E-state index in [-0.39, 0.29) is 6.42 Å². The van der Waals surface area contributed by atoms with Crippen molar-refractivity contribution in [3.05, 3.63) is 18.2 Å². The third-order valence-electron chi connectivity index (χ3n) is 1.58. The molecule has 1 atom stereocenters. The summed E-state index contributed by atoms with van der Waals surface area (Å²) in [5.74, 6) is -0.605. The van der Waals surface area contributed by atoms with Crippen LogP contribution in [0.25, 0.3) is 0 Å². The molecule has 7 nitrogen and oxygen atoms in total. The van der Waals surface area contributed by atoms with Gasteiger partial charge in [0.2, 0.25) is 5.91 Å². The van der Waals surface area contributed by atoms with Crippen LogP contribution in [-0.4, -0.2) is 27.9 Å². The Kier molecular flexibility index (Phi) is 3.19. The maximum atomic E-state index is 11.1. The van der Waals surface area contributed by atoms with E-state index in [4.69, 9.17) is 11.5 Å². The molecule has 14 heavy (non-hydrogen) atoms. The molecule has 1 rings (SSSR count). The van der Waals surface area contributed by atoms with Gasteiger partial charge < -0.3 is 16.5 Å². The quantitative estimate of drug-likeness (QED) is 0.469. The second kappa shape index (κ2) is 4.38. The van der Waals surface area contributed by atoms with E-state index in [0.717, 1.165) is 5.69 Å². The van der Waals surface area contributed by atoms with Crippen LogP contribution in [0.2, 0.25) is 0 Å². The van der Waals surface area contributed by atoms with Crippen molar-refractivity contribution in [3.8, 4) is 0 Å². The molecular weight excluding hydrogens is 186 g/mol. The van der Waals surface area contributed by atoms with Crippen LogP contribution in [0.3, 0.4) is 0 Å². The summed E-state index contributed by atoms with van der Waals surface area (Å²) in [5, 5.41) is 1.90. The van der Waals surface area contributed by atoms with Gasteiger partial charge >= 0.3 is 6.03 Å². The van der Waals surface area contributed by atoms with Crippen molar-refractivity contribution in [3.63, 3.8) is 0 Å². The van der Waals surface area contributed by atoms with E-state index in [1.54, 1.807) is 6.20 Å². The number of primary amides is 1. The van der Waals surface area contributed by atoms with Gasteiger partial charge in [0.05, 0.1) is 12.4 Å². The molecule has 0 fully saturated rings. The zero-order valence-corrected chi connectivity index (χ0v) is 7.36. The number of urea groups is 1. The number of carbonyl (C=O) groups is 2. The Bertz CT molecular complexity index is 321. The number of imidazole rings is 1. The molecule has 1 aromatic heterocycles. The Morgan fingerprint density at radius 3 is 2.86 bits per heavy atom. The van der Waals surface area contributed by atoms with Crippen LogP contribution in [0.1, 0.15) is 5.69 Å². The molecule has 0 saturated heterocycles. The second-order valence-corrected chi connectivity index (χ2v) is 2.74. The number of imide groups is 1. The summed E-state index contributed by atoms with van der Waals surface area (Å²) in [5.41, 5.74) is 11.0. The molecule has 1 heterocycles. The summed E-state index contributed by atoms with van der Waals surface area (Å²) in [6.07, 6.45) is 3.31. The van der Waals surface area contributed by atoms with Gasteiger partial charge in [0.1, 0.15) is 0 Å². The summed E-state index contributed by atoms with van der Waals surface area (Å²) in [6.45, 7) is 0. The van der Waals surface area contributed by atoms with E-state index in [2.05, 4.69) is 9.97 Å². The Labute approximate surface area is 79.9 Å². The third-order valence-corrected chi connectivity index (χ3v) is 1.58. The largest absolute Gasteiger partial charge is 0.351 e. The van der Waals surface area contributed by atoms with Crippen molar-refractivity contribution >= 4 is 11.9 Å². The number of H-pyrrole nitrogens is 1. The van der Waals surface area contributed by atoms with Gasteiger partial charge in [-0.05, 0) is 0 Å². The number of rotatable bonds is 3. The Balaban J connectivity index is 2.46. The lowest BCUT2D eigenvalue weighted by atomic mass is 10.1. The molecule has 0 aliphatic carbocycles. The minimum atomic E-state index is -0.907. The molecule has 0 spiro atoms. The van der Waals surface area contributed by atoms with Crippen molar-refractivity contribution in [1.29, 1.82) is 0 Å². The maximum Gasteiger partial charge on any atom is 0.318 e. The van der Waals surface area contributed by atoms with E-state index >= 15 is 0 Å². The lowest BCUT2D eigenvalue weighted by molar-refractivity contribution is -0.121. The molecule has 0 bridgehead atoms. The molecule has 1 aromatic rings. The van der Waals surface area contributed by atoms with Crippen molar-refractivity contribution in [2.75, 3.05) is 0 Å². The average molecular weight is 197 g/mol. The summed E-state index contributed by atoms with van der Waals surface area (Å²) in [7, 11) is 0. The molecule has 0 aliphatic heterocycles. The highest BCUT2D eigenvalue weighted by Crippen LogP contribution is 1.95. The van der Waals surface area contributed by atoms with Gasteiger partial charge in [-0.15, -0.1) is 0 Å². The first-order chi connectivity index (χ1) is 6.59. The van der Waals surface area contributed by atoms with E-state index in [0.29, 0.717) is 0 Å². The number of aromatic amines is 1. The molecule has 0 aromatic carbocycles. The van der Waals surface area contributed by atoms with E-state index < -0.39 is 18.0 Å². The van der Waals surface area contributed by atoms with E-state index in [1.807, 2.05) is 5.32 Å². The van der Waals surface area contributed by atoms with Gasteiger partial charge in [-0.1, -0.05) is 0 Å². The van der Waals surface area contributed by atoms with Crippen molar-refractivity contribution in [1.82, 2.24) is 15.3 Å². The van der Waals surface area contributed by atoms with Crippen LogP contribution < -0.4 is 16.8 Å². The SMILES string of the molecule is NC(=O)NC(=O)[C@@H](N)Cc1cnc[nH]1. The lowest BCUT2D eigenvalue weighted by Crippen LogP contribution is -2.46. The molecule has 3 amide bonds. The van der Waals surface area contributed by atoms with Crippen LogP contribution >= 0.6 is 0 Å². The van der Waals surface area contributed by atoms with Gasteiger partial charge in [-0.3, -0.25) is 10.1 Å². The molecule has 6 N–H and O–H groups in total. The topological polar surface area (TPSA) is 127 Å². The van der Waals surface area contributed by atoms with Crippen molar-refractivity contribution in [2.45, 2.75) is 12.5 Å². The molecule has 0 radical (unpaired) electrons. The highest BCUT2D eigenvalue weighted by atomic mass is 16.2. The lowest BCUT2D eigenvalue weighted by Gasteiger charge is -2.08. The number of carbonyl (C=O) groups excluding carboxylic acids is 2. The fourth-order valence-electron chi connectivity index (χ4n) is 0.940. The Morgan fingerprint density at radius 2 is 2.36 bits per heavy atom. The molecule has 0 aliphatic rings. The van der Waals surface area contributed by atoms with Crippen molar-refractivity contribution in [2.24, 2.45) is 11.5 Å². The Hall–Kier alpha value is -1.89. The fraction of sp³-hybridized carbons (Fsp3) is 0.286. The fourth-order valence-corrected chi connectivity index (χ4v) is 0.940. The second-order valence-electron chi connectivity index (χ2n) is 2.74. The molecular formula is C7H11N5O2. The zero-order chi connectivity index (χ0) is 10.6. The minimum absolute atomic E-state index is 0.277. The van der Waals surface area contributed by atoms with Crippen LogP contribution in [-0.2, 0) is 11.2 Å². The smallest absolute Gasteiger partial charge is 0.318 e. The van der Waals surface area contributed by atoms with Gasteiger partial charge in [0.25, 0.3) is 0 Å². The monoisotopic (exact) mass is 197 g/mol. The summed E-state index contributed by atoms with van der Waals surface area (Å²) in [6, 6.07) is -1.72. The Morgan fingerprint density at radius 1 is 1.64 bits per heavy atom. The van der Waals surface area contributed by atoms with Gasteiger partial charge in [-0.2, -0.15) is 0 Å². The molecule has 7 heteroatoms. The van der Waals surface area contributed by atoms with Crippen molar-refractivity contribution < 1.29 is 9.59 Å². The summed E-state index contributed by atoms with van der Waals surface area (Å²) in [4.78, 5) is 28.0. The zero-order valence-electron chi connectivity index (χ0n) is 7.36. The number of nitrogens with two attached hydrogens (primary N) is 2. The van der Waals surface area contributed by atoms with E-state index in [9.17, 15) is 9.59 Å². The first-order valence-electron chi connectivity index (χ1n) is 3.92. The van der Waals surface area contributed by atoms with Gasteiger partial charge in [-0.25, -0.2) is 9.78 Å². The number of hydrogen-bond acceptors (Lipinski definition) is 4. The average Bonchev–Trinajstić information content (AvgIpc) is 2.55. The van der Waals surface area contributed by atoms with Crippen LogP contribution in [0.5, 0.6) is 0 Å². The predicted octanol–water partition coefficient (Wildman–Crippen LogP) is -1.53. The van der Waals surface area contributed by atoms with Crippen LogP contribution in [0.15, 0.2) is 12.5 Å². The van der Waals surface area contributed by atoms with Crippen LogP contribution in [0.4, 0.5) is 4.79 Å². The number of hydrogen-bond donors (Lipinski definition) is 4. The van der Waals surface area contributed by atoms with Crippen LogP contribution in [0, 0.1) is 0 Å². The minimum Gasteiger partial charge on any atom is -0.351 e. The highest BCUT2D eigenvalue weighted by molar-refractivity contribution is 5.96. The highest BCUT2D eigenvalue weighted by Gasteiger charge is 2.15. The predicted molar refractivity (Wildman–Crippen MR) is 48.0 cm³/mol. The molecule has 0 unspecified atom stereocenters. The van der Waals surface area contributed by atoms with E-state index in [1.165, 1.54) is 6.33 Å². The number of aromatic nitrogens is 2. The number of nitrogens with zero attached hydrogens (tertiary/aromatic N) is 1.